The minimum Gasteiger partial charge on any atom is -0.370 e. The normalized spacial score (nSPS) is 20.3. The highest BCUT2D eigenvalue weighted by Gasteiger charge is 2.22. The smallest absolute Gasteiger partial charge is 0.257 e. The topological polar surface area (TPSA) is 74.2 Å². The quantitative estimate of drug-likeness (QED) is 0.892. The SMILES string of the molecule is COC(CN)c1nc(C2CCCCCCC2)no1. The van der Waals surface area contributed by atoms with Crippen molar-refractivity contribution in [3.05, 3.63) is 11.7 Å². The molecular weight excluding hydrogens is 230 g/mol. The zero-order valence-corrected chi connectivity index (χ0v) is 11.1. The van der Waals surface area contributed by atoms with Gasteiger partial charge in [0.1, 0.15) is 6.10 Å². The van der Waals surface area contributed by atoms with Crippen molar-refractivity contribution in [1.82, 2.24) is 10.1 Å². The van der Waals surface area contributed by atoms with E-state index in [1.807, 2.05) is 0 Å². The first kappa shape index (κ1) is 13.5. The zero-order valence-electron chi connectivity index (χ0n) is 11.1. The molecule has 0 spiro atoms. The van der Waals surface area contributed by atoms with Gasteiger partial charge in [-0.3, -0.25) is 0 Å². The highest BCUT2D eigenvalue weighted by Crippen LogP contribution is 2.29. The maximum atomic E-state index is 5.60. The Morgan fingerprint density at radius 1 is 1.28 bits per heavy atom. The molecule has 0 saturated heterocycles. The maximum absolute atomic E-state index is 5.60. The Morgan fingerprint density at radius 2 is 1.94 bits per heavy atom. The summed E-state index contributed by atoms with van der Waals surface area (Å²) in [6, 6.07) is 0. The van der Waals surface area contributed by atoms with E-state index in [9.17, 15) is 0 Å². The van der Waals surface area contributed by atoms with Crippen LogP contribution in [0.5, 0.6) is 0 Å². The van der Waals surface area contributed by atoms with E-state index in [4.69, 9.17) is 15.0 Å². The van der Waals surface area contributed by atoms with Gasteiger partial charge in [0.25, 0.3) is 5.89 Å². The minimum atomic E-state index is -0.278. The Balaban J connectivity index is 2.03. The van der Waals surface area contributed by atoms with E-state index in [0.29, 0.717) is 18.4 Å². The zero-order chi connectivity index (χ0) is 12.8. The number of aromatic nitrogens is 2. The number of nitrogens with zero attached hydrogens (tertiary/aromatic N) is 2. The van der Waals surface area contributed by atoms with Crippen LogP contribution < -0.4 is 5.73 Å². The average molecular weight is 253 g/mol. The number of hydrogen-bond acceptors (Lipinski definition) is 5. The molecule has 1 atom stereocenters. The first-order chi connectivity index (χ1) is 8.85. The van der Waals surface area contributed by atoms with E-state index in [-0.39, 0.29) is 6.10 Å². The molecule has 2 rings (SSSR count). The third kappa shape index (κ3) is 3.29. The lowest BCUT2D eigenvalue weighted by Crippen LogP contribution is -2.14. The van der Waals surface area contributed by atoms with E-state index in [0.717, 1.165) is 5.82 Å². The van der Waals surface area contributed by atoms with Gasteiger partial charge in [-0.2, -0.15) is 4.98 Å². The summed E-state index contributed by atoms with van der Waals surface area (Å²) >= 11 is 0. The lowest BCUT2D eigenvalue weighted by molar-refractivity contribution is 0.0803. The third-order valence-electron chi connectivity index (χ3n) is 3.70. The van der Waals surface area contributed by atoms with Crippen molar-refractivity contribution >= 4 is 0 Å². The van der Waals surface area contributed by atoms with Crippen LogP contribution >= 0.6 is 0 Å². The molecule has 1 fully saturated rings. The number of methoxy groups -OCH3 is 1. The molecule has 18 heavy (non-hydrogen) atoms. The van der Waals surface area contributed by atoms with Crippen LogP contribution in [0.2, 0.25) is 0 Å². The second kappa shape index (κ2) is 6.85. The van der Waals surface area contributed by atoms with Crippen LogP contribution in [0.3, 0.4) is 0 Å². The fraction of sp³-hybridized carbons (Fsp3) is 0.846. The molecule has 1 aromatic heterocycles. The summed E-state index contributed by atoms with van der Waals surface area (Å²) in [5.74, 6) is 1.79. The molecule has 5 nitrogen and oxygen atoms in total. The number of ether oxygens (including phenoxy) is 1. The Morgan fingerprint density at radius 3 is 2.56 bits per heavy atom. The molecule has 0 aliphatic heterocycles. The van der Waals surface area contributed by atoms with Crippen molar-refractivity contribution in [2.45, 2.75) is 57.0 Å². The average Bonchev–Trinajstić information content (AvgIpc) is 2.80. The lowest BCUT2D eigenvalue weighted by atomic mass is 9.91. The summed E-state index contributed by atoms with van der Waals surface area (Å²) in [7, 11) is 1.61. The summed E-state index contributed by atoms with van der Waals surface area (Å²) in [6.45, 7) is 0.364. The molecule has 1 saturated carbocycles. The van der Waals surface area contributed by atoms with Gasteiger partial charge in [0.15, 0.2) is 5.82 Å². The number of hydrogen-bond donors (Lipinski definition) is 1. The van der Waals surface area contributed by atoms with E-state index in [1.54, 1.807) is 7.11 Å². The molecule has 1 aliphatic carbocycles. The first-order valence-electron chi connectivity index (χ1n) is 6.91. The standard InChI is InChI=1S/C13H23N3O2/c1-17-11(9-14)13-15-12(16-18-13)10-7-5-3-2-4-6-8-10/h10-11H,2-9,14H2,1H3. The van der Waals surface area contributed by atoms with Gasteiger partial charge in [-0.05, 0) is 12.8 Å². The van der Waals surface area contributed by atoms with Crippen LogP contribution in [-0.4, -0.2) is 23.8 Å². The number of nitrogens with two attached hydrogens (primary N) is 1. The number of rotatable bonds is 4. The molecule has 102 valence electrons. The van der Waals surface area contributed by atoms with Crippen molar-refractivity contribution in [1.29, 1.82) is 0 Å². The van der Waals surface area contributed by atoms with E-state index < -0.39 is 0 Å². The Bertz CT molecular complexity index is 342. The van der Waals surface area contributed by atoms with Gasteiger partial charge in [0.05, 0.1) is 0 Å². The van der Waals surface area contributed by atoms with Crippen molar-refractivity contribution < 1.29 is 9.26 Å². The Kier molecular flexibility index (Phi) is 5.13. The largest absolute Gasteiger partial charge is 0.370 e. The third-order valence-corrected chi connectivity index (χ3v) is 3.70. The monoisotopic (exact) mass is 253 g/mol. The fourth-order valence-corrected chi connectivity index (χ4v) is 2.56. The van der Waals surface area contributed by atoms with Crippen molar-refractivity contribution in [3.8, 4) is 0 Å². The molecule has 1 heterocycles. The van der Waals surface area contributed by atoms with Gasteiger partial charge >= 0.3 is 0 Å². The molecule has 5 heteroatoms. The van der Waals surface area contributed by atoms with Crippen LogP contribution in [0.1, 0.15) is 68.7 Å². The maximum Gasteiger partial charge on any atom is 0.257 e. The van der Waals surface area contributed by atoms with Gasteiger partial charge in [-0.15, -0.1) is 0 Å². The molecule has 0 aromatic carbocycles. The van der Waals surface area contributed by atoms with Gasteiger partial charge in [0, 0.05) is 19.6 Å². The van der Waals surface area contributed by atoms with E-state index >= 15 is 0 Å². The molecule has 0 bridgehead atoms. The Hall–Kier alpha value is -0.940. The highest BCUT2D eigenvalue weighted by molar-refractivity contribution is 4.98. The predicted octanol–water partition coefficient (Wildman–Crippen LogP) is 2.54. The fourth-order valence-electron chi connectivity index (χ4n) is 2.56. The van der Waals surface area contributed by atoms with Gasteiger partial charge in [-0.1, -0.05) is 37.3 Å². The molecule has 0 radical (unpaired) electrons. The molecular formula is C13H23N3O2. The van der Waals surface area contributed by atoms with Crippen LogP contribution in [0.15, 0.2) is 4.52 Å². The molecule has 1 unspecified atom stereocenters. The first-order valence-corrected chi connectivity index (χ1v) is 6.91. The highest BCUT2D eigenvalue weighted by atomic mass is 16.5. The molecule has 0 amide bonds. The van der Waals surface area contributed by atoms with E-state index in [2.05, 4.69) is 10.1 Å². The van der Waals surface area contributed by atoms with Crippen molar-refractivity contribution in [2.75, 3.05) is 13.7 Å². The summed E-state index contributed by atoms with van der Waals surface area (Å²) in [5.41, 5.74) is 5.60. The van der Waals surface area contributed by atoms with Crippen LogP contribution in [0, 0.1) is 0 Å². The summed E-state index contributed by atoms with van der Waals surface area (Å²) in [5, 5.41) is 4.11. The Labute approximate surface area is 108 Å². The predicted molar refractivity (Wildman–Crippen MR) is 68.2 cm³/mol. The molecule has 1 aromatic rings. The summed E-state index contributed by atoms with van der Waals surface area (Å²) in [4.78, 5) is 4.47. The van der Waals surface area contributed by atoms with Crippen LogP contribution in [0.4, 0.5) is 0 Å². The van der Waals surface area contributed by atoms with Gasteiger partial charge < -0.3 is 15.0 Å². The molecule has 2 N–H and O–H groups in total. The minimum absolute atomic E-state index is 0.278. The van der Waals surface area contributed by atoms with Crippen LogP contribution in [0.25, 0.3) is 0 Å². The van der Waals surface area contributed by atoms with Gasteiger partial charge in [0.2, 0.25) is 0 Å². The van der Waals surface area contributed by atoms with Gasteiger partial charge in [-0.25, -0.2) is 0 Å². The van der Waals surface area contributed by atoms with Crippen molar-refractivity contribution in [3.63, 3.8) is 0 Å². The summed E-state index contributed by atoms with van der Waals surface area (Å²) < 4.78 is 10.5. The van der Waals surface area contributed by atoms with E-state index in [1.165, 1.54) is 44.9 Å². The molecule has 1 aliphatic rings. The second-order valence-electron chi connectivity index (χ2n) is 4.99. The second-order valence-corrected chi connectivity index (χ2v) is 4.99. The van der Waals surface area contributed by atoms with Crippen molar-refractivity contribution in [2.24, 2.45) is 5.73 Å². The lowest BCUT2D eigenvalue weighted by Gasteiger charge is -2.15. The van der Waals surface area contributed by atoms with Crippen LogP contribution in [-0.2, 0) is 4.74 Å². The summed E-state index contributed by atoms with van der Waals surface area (Å²) in [6.07, 6.45) is 8.59.